The smallest absolute Gasteiger partial charge is 0.243 e. The summed E-state index contributed by atoms with van der Waals surface area (Å²) in [5.74, 6) is 0.0201. The summed E-state index contributed by atoms with van der Waals surface area (Å²) >= 11 is 1.63. The molecular formula is C29H42N4O3S. The standard InChI is InChI=1S/C23H31N3O2S.C4H5NO.C2H6/c1-15(17-8-10-18(11-9-17)21-16(2)24-14-29-21)25-22(28)19-7-6-12-26(19)20(27)13-23(3,4)5;1-4-2-3-6-5-4;1-2/h8-11,14-15,19H,6-7,12-13H2,1-5H3,(H,25,28);2-3H,1H3;1-2H3. The maximum absolute atomic E-state index is 12.9. The van der Waals surface area contributed by atoms with E-state index >= 15 is 0 Å². The second-order valence-electron chi connectivity index (χ2n) is 10.2. The number of nitrogens with zero attached hydrogens (tertiary/aromatic N) is 3. The van der Waals surface area contributed by atoms with Crippen LogP contribution in [0.5, 0.6) is 0 Å². The summed E-state index contributed by atoms with van der Waals surface area (Å²) in [4.78, 5) is 32.8. The molecule has 1 aliphatic heterocycles. The fourth-order valence-corrected chi connectivity index (χ4v) is 4.87. The fourth-order valence-electron chi connectivity index (χ4n) is 4.06. The Morgan fingerprint density at radius 2 is 1.84 bits per heavy atom. The molecule has 3 aromatic rings. The highest BCUT2D eigenvalue weighted by molar-refractivity contribution is 7.13. The van der Waals surface area contributed by atoms with Crippen molar-refractivity contribution in [3.05, 3.63) is 59.1 Å². The SMILES string of the molecule is CC.Cc1ccon1.Cc1ncsc1-c1ccc(C(C)NC(=O)C2CCCN2C(=O)CC(C)(C)C)cc1. The number of nitrogens with one attached hydrogen (secondary N) is 1. The summed E-state index contributed by atoms with van der Waals surface area (Å²) in [6.45, 7) is 16.7. The van der Waals surface area contributed by atoms with Crippen LogP contribution in [0.25, 0.3) is 10.4 Å². The van der Waals surface area contributed by atoms with Crippen LogP contribution in [0.3, 0.4) is 0 Å². The Bertz CT molecular complexity index is 1100. The van der Waals surface area contributed by atoms with Gasteiger partial charge in [0.2, 0.25) is 11.8 Å². The van der Waals surface area contributed by atoms with E-state index in [1.807, 2.05) is 40.1 Å². The maximum atomic E-state index is 12.9. The first-order valence-corrected chi connectivity index (χ1v) is 13.9. The van der Waals surface area contributed by atoms with E-state index in [2.05, 4.69) is 65.0 Å². The molecule has 1 fully saturated rings. The van der Waals surface area contributed by atoms with Gasteiger partial charge in [0.25, 0.3) is 0 Å². The minimum atomic E-state index is -0.355. The number of benzene rings is 1. The van der Waals surface area contributed by atoms with Crippen molar-refractivity contribution in [3.63, 3.8) is 0 Å². The van der Waals surface area contributed by atoms with E-state index in [1.165, 1.54) is 4.88 Å². The monoisotopic (exact) mass is 526 g/mol. The summed E-state index contributed by atoms with van der Waals surface area (Å²) in [6, 6.07) is 9.60. The number of aromatic nitrogens is 2. The number of likely N-dealkylation sites (tertiary alicyclic amines) is 1. The van der Waals surface area contributed by atoms with Crippen molar-refractivity contribution < 1.29 is 14.1 Å². The largest absolute Gasteiger partial charge is 0.365 e. The van der Waals surface area contributed by atoms with E-state index in [9.17, 15) is 9.59 Å². The number of hydrogen-bond donors (Lipinski definition) is 1. The molecule has 3 heterocycles. The highest BCUT2D eigenvalue weighted by atomic mass is 32.1. The molecule has 2 unspecified atom stereocenters. The molecule has 0 bridgehead atoms. The second-order valence-corrected chi connectivity index (χ2v) is 11.1. The summed E-state index contributed by atoms with van der Waals surface area (Å²) in [5, 5.41) is 6.65. The number of aryl methyl sites for hydroxylation is 2. The van der Waals surface area contributed by atoms with Gasteiger partial charge in [0.05, 0.1) is 27.8 Å². The lowest BCUT2D eigenvalue weighted by Crippen LogP contribution is -2.47. The summed E-state index contributed by atoms with van der Waals surface area (Å²) in [7, 11) is 0. The van der Waals surface area contributed by atoms with Gasteiger partial charge in [0, 0.05) is 19.0 Å². The fraction of sp³-hybridized carbons (Fsp3) is 0.517. The van der Waals surface area contributed by atoms with Crippen molar-refractivity contribution in [1.29, 1.82) is 0 Å². The Labute approximate surface area is 225 Å². The van der Waals surface area contributed by atoms with Crippen LogP contribution >= 0.6 is 11.3 Å². The molecule has 1 aliphatic rings. The predicted octanol–water partition coefficient (Wildman–Crippen LogP) is 6.73. The van der Waals surface area contributed by atoms with E-state index in [0.29, 0.717) is 13.0 Å². The van der Waals surface area contributed by atoms with Crippen LogP contribution in [0.1, 0.15) is 83.8 Å². The second kappa shape index (κ2) is 14.1. The molecule has 2 aromatic heterocycles. The molecule has 4 rings (SSSR count). The molecule has 2 atom stereocenters. The lowest BCUT2D eigenvalue weighted by Gasteiger charge is -2.28. The third-order valence-electron chi connectivity index (χ3n) is 5.90. The zero-order valence-corrected chi connectivity index (χ0v) is 24.3. The van der Waals surface area contributed by atoms with Crippen LogP contribution in [0.2, 0.25) is 0 Å². The maximum Gasteiger partial charge on any atom is 0.243 e. The van der Waals surface area contributed by atoms with E-state index < -0.39 is 0 Å². The Kier molecular flexibility index (Phi) is 11.5. The number of hydrogen-bond acceptors (Lipinski definition) is 6. The highest BCUT2D eigenvalue weighted by Gasteiger charge is 2.35. The zero-order chi connectivity index (χ0) is 27.6. The van der Waals surface area contributed by atoms with Crippen molar-refractivity contribution >= 4 is 23.2 Å². The minimum Gasteiger partial charge on any atom is -0.365 e. The van der Waals surface area contributed by atoms with Crippen LogP contribution < -0.4 is 5.32 Å². The van der Waals surface area contributed by atoms with Gasteiger partial charge in [-0.05, 0) is 50.2 Å². The topological polar surface area (TPSA) is 88.3 Å². The van der Waals surface area contributed by atoms with E-state index in [-0.39, 0.29) is 29.3 Å². The Balaban J connectivity index is 0.000000519. The van der Waals surface area contributed by atoms with Gasteiger partial charge in [0.1, 0.15) is 12.3 Å². The van der Waals surface area contributed by atoms with Gasteiger partial charge in [-0.25, -0.2) is 4.98 Å². The third-order valence-corrected chi connectivity index (χ3v) is 6.88. The Morgan fingerprint density at radius 3 is 2.32 bits per heavy atom. The molecule has 8 heteroatoms. The highest BCUT2D eigenvalue weighted by Crippen LogP contribution is 2.29. The van der Waals surface area contributed by atoms with E-state index in [0.717, 1.165) is 35.4 Å². The van der Waals surface area contributed by atoms with Crippen molar-refractivity contribution in [2.24, 2.45) is 5.41 Å². The van der Waals surface area contributed by atoms with Crippen molar-refractivity contribution in [2.75, 3.05) is 6.54 Å². The van der Waals surface area contributed by atoms with Crippen molar-refractivity contribution in [3.8, 4) is 10.4 Å². The normalized spacial score (nSPS) is 15.7. The first-order chi connectivity index (χ1) is 17.5. The molecule has 0 aliphatic carbocycles. The molecule has 0 radical (unpaired) electrons. The zero-order valence-electron chi connectivity index (χ0n) is 23.5. The molecule has 0 saturated carbocycles. The quantitative estimate of drug-likeness (QED) is 0.398. The number of carbonyl (C=O) groups excluding carboxylic acids is 2. The molecule has 37 heavy (non-hydrogen) atoms. The number of amides is 2. The van der Waals surface area contributed by atoms with E-state index in [4.69, 9.17) is 0 Å². The molecular weight excluding hydrogens is 484 g/mol. The van der Waals surface area contributed by atoms with Gasteiger partial charge >= 0.3 is 0 Å². The first kappa shape index (κ1) is 30.2. The summed E-state index contributed by atoms with van der Waals surface area (Å²) < 4.78 is 4.46. The molecule has 2 amide bonds. The van der Waals surface area contributed by atoms with Crippen LogP contribution in [-0.2, 0) is 9.59 Å². The molecule has 0 spiro atoms. The third kappa shape index (κ3) is 9.11. The summed E-state index contributed by atoms with van der Waals surface area (Å²) in [5.41, 5.74) is 5.93. The van der Waals surface area contributed by atoms with Crippen LogP contribution in [-0.4, -0.2) is 39.4 Å². The molecule has 1 saturated heterocycles. The van der Waals surface area contributed by atoms with Crippen molar-refractivity contribution in [1.82, 2.24) is 20.4 Å². The summed E-state index contributed by atoms with van der Waals surface area (Å²) in [6.07, 6.45) is 3.63. The van der Waals surface area contributed by atoms with Gasteiger partial charge in [-0.1, -0.05) is 64.0 Å². The van der Waals surface area contributed by atoms with Gasteiger partial charge in [-0.2, -0.15) is 0 Å². The molecule has 1 aromatic carbocycles. The Hall–Kier alpha value is -3.00. The van der Waals surface area contributed by atoms with Gasteiger partial charge in [-0.15, -0.1) is 11.3 Å². The molecule has 1 N–H and O–H groups in total. The number of rotatable bonds is 5. The number of thiazole rings is 1. The first-order valence-electron chi connectivity index (χ1n) is 13.0. The minimum absolute atomic E-state index is 0.0559. The Morgan fingerprint density at radius 1 is 1.16 bits per heavy atom. The number of carbonyl (C=O) groups is 2. The molecule has 202 valence electrons. The molecule has 7 nitrogen and oxygen atoms in total. The van der Waals surface area contributed by atoms with Gasteiger partial charge in [0.15, 0.2) is 0 Å². The van der Waals surface area contributed by atoms with Crippen molar-refractivity contribution in [2.45, 2.75) is 86.7 Å². The average Bonchev–Trinajstić information content (AvgIpc) is 3.62. The average molecular weight is 527 g/mol. The van der Waals surface area contributed by atoms with Gasteiger partial charge < -0.3 is 14.7 Å². The van der Waals surface area contributed by atoms with Crippen LogP contribution in [0, 0.1) is 19.3 Å². The lowest BCUT2D eigenvalue weighted by molar-refractivity contribution is -0.140. The predicted molar refractivity (Wildman–Crippen MR) is 150 cm³/mol. The van der Waals surface area contributed by atoms with Crippen LogP contribution in [0.15, 0.2) is 46.6 Å². The van der Waals surface area contributed by atoms with E-state index in [1.54, 1.807) is 28.6 Å². The van der Waals surface area contributed by atoms with Crippen LogP contribution in [0.4, 0.5) is 0 Å². The lowest BCUT2D eigenvalue weighted by atomic mass is 9.91. The van der Waals surface area contributed by atoms with Gasteiger partial charge in [-0.3, -0.25) is 9.59 Å².